The van der Waals surface area contributed by atoms with Crippen LogP contribution in [0.5, 0.6) is 0 Å². The average Bonchev–Trinajstić information content (AvgIpc) is 2.40. The summed E-state index contributed by atoms with van der Waals surface area (Å²) in [6.07, 6.45) is 7.60. The van der Waals surface area contributed by atoms with Crippen molar-refractivity contribution in [2.75, 3.05) is 0 Å². The zero-order valence-electron chi connectivity index (χ0n) is 10.7. The first-order valence-electron chi connectivity index (χ1n) is 6.78. The van der Waals surface area contributed by atoms with Gasteiger partial charge >= 0.3 is 0 Å². The van der Waals surface area contributed by atoms with Gasteiger partial charge in [-0.15, -0.1) is 0 Å². The second kappa shape index (κ2) is 6.35. The fourth-order valence-corrected chi connectivity index (χ4v) is 2.71. The molecule has 2 rings (SSSR count). The van der Waals surface area contributed by atoms with Gasteiger partial charge in [-0.1, -0.05) is 44.2 Å². The van der Waals surface area contributed by atoms with Gasteiger partial charge in [-0.05, 0) is 23.6 Å². The van der Waals surface area contributed by atoms with Gasteiger partial charge in [0.2, 0.25) is 0 Å². The van der Waals surface area contributed by atoms with Crippen LogP contribution in [0.25, 0.3) is 0 Å². The first kappa shape index (κ1) is 12.8. The van der Waals surface area contributed by atoms with Gasteiger partial charge in [0.1, 0.15) is 5.78 Å². The van der Waals surface area contributed by atoms with E-state index in [1.807, 2.05) is 12.1 Å². The Morgan fingerprint density at radius 2 is 1.83 bits per heavy atom. The molecule has 0 aliphatic heterocycles. The lowest BCUT2D eigenvalue weighted by molar-refractivity contribution is -0.119. The van der Waals surface area contributed by atoms with Crippen LogP contribution in [0.4, 0.5) is 0 Å². The van der Waals surface area contributed by atoms with E-state index < -0.39 is 0 Å². The Morgan fingerprint density at radius 3 is 2.44 bits per heavy atom. The summed E-state index contributed by atoms with van der Waals surface area (Å²) in [6.45, 7) is 0. The molecule has 0 amide bonds. The van der Waals surface area contributed by atoms with Gasteiger partial charge in [-0.2, -0.15) is 5.26 Å². The zero-order chi connectivity index (χ0) is 12.8. The molecule has 0 unspecified atom stereocenters. The summed E-state index contributed by atoms with van der Waals surface area (Å²) >= 11 is 0. The van der Waals surface area contributed by atoms with E-state index in [2.05, 4.69) is 6.07 Å². The van der Waals surface area contributed by atoms with Gasteiger partial charge in [0, 0.05) is 12.8 Å². The van der Waals surface area contributed by atoms with Crippen LogP contribution in [0.2, 0.25) is 0 Å². The number of hydrogen-bond donors (Lipinski definition) is 0. The van der Waals surface area contributed by atoms with Crippen molar-refractivity contribution in [3.8, 4) is 6.07 Å². The predicted molar refractivity (Wildman–Crippen MR) is 71.1 cm³/mol. The number of nitrogens with zero attached hydrogens (tertiary/aromatic N) is 1. The van der Waals surface area contributed by atoms with Gasteiger partial charge in [-0.3, -0.25) is 4.79 Å². The molecular formula is C16H19NO. The summed E-state index contributed by atoms with van der Waals surface area (Å²) in [5.41, 5.74) is 1.67. The standard InChI is InChI=1S/C16H19NO/c17-12-15-8-6-14(7-9-15)11-16(18)10-13-4-2-1-3-5-13/h6-9,13H,1-5,10-11H2. The highest BCUT2D eigenvalue weighted by Gasteiger charge is 2.17. The molecule has 0 bridgehead atoms. The third-order valence-corrected chi connectivity index (χ3v) is 3.73. The monoisotopic (exact) mass is 241 g/mol. The van der Waals surface area contributed by atoms with Crippen LogP contribution in [0.15, 0.2) is 24.3 Å². The van der Waals surface area contributed by atoms with Crippen LogP contribution in [0.1, 0.15) is 49.7 Å². The summed E-state index contributed by atoms with van der Waals surface area (Å²) < 4.78 is 0. The quantitative estimate of drug-likeness (QED) is 0.807. The number of ketones is 1. The molecule has 0 N–H and O–H groups in total. The summed E-state index contributed by atoms with van der Waals surface area (Å²) in [7, 11) is 0. The Bertz CT molecular complexity index is 435. The Balaban J connectivity index is 1.84. The lowest BCUT2D eigenvalue weighted by atomic mass is 9.85. The second-order valence-corrected chi connectivity index (χ2v) is 5.23. The number of hydrogen-bond acceptors (Lipinski definition) is 2. The summed E-state index contributed by atoms with van der Waals surface area (Å²) in [6, 6.07) is 9.42. The van der Waals surface area contributed by atoms with Gasteiger partial charge in [0.25, 0.3) is 0 Å². The van der Waals surface area contributed by atoms with Gasteiger partial charge < -0.3 is 0 Å². The average molecular weight is 241 g/mol. The molecule has 1 aliphatic rings. The van der Waals surface area contributed by atoms with E-state index in [9.17, 15) is 4.79 Å². The van der Waals surface area contributed by atoms with Gasteiger partial charge in [0.05, 0.1) is 11.6 Å². The minimum atomic E-state index is 0.339. The first-order chi connectivity index (χ1) is 8.78. The third-order valence-electron chi connectivity index (χ3n) is 3.73. The summed E-state index contributed by atoms with van der Waals surface area (Å²) in [5.74, 6) is 0.955. The lowest BCUT2D eigenvalue weighted by Crippen LogP contribution is -2.13. The summed E-state index contributed by atoms with van der Waals surface area (Å²) in [5, 5.41) is 8.71. The number of nitriles is 1. The molecule has 1 aliphatic carbocycles. The number of benzene rings is 1. The largest absolute Gasteiger partial charge is 0.299 e. The highest BCUT2D eigenvalue weighted by atomic mass is 16.1. The Kier molecular flexibility index (Phi) is 4.52. The molecule has 0 saturated heterocycles. The zero-order valence-corrected chi connectivity index (χ0v) is 10.7. The minimum Gasteiger partial charge on any atom is -0.299 e. The summed E-state index contributed by atoms with van der Waals surface area (Å²) in [4.78, 5) is 12.0. The SMILES string of the molecule is N#Cc1ccc(CC(=O)CC2CCCCC2)cc1. The first-order valence-corrected chi connectivity index (χ1v) is 6.78. The molecule has 1 saturated carbocycles. The van der Waals surface area contributed by atoms with Crippen molar-refractivity contribution in [1.29, 1.82) is 5.26 Å². The van der Waals surface area contributed by atoms with E-state index in [0.29, 0.717) is 23.7 Å². The molecule has 0 spiro atoms. The Morgan fingerprint density at radius 1 is 1.17 bits per heavy atom. The van der Waals surface area contributed by atoms with Crippen molar-refractivity contribution in [2.45, 2.75) is 44.9 Å². The third kappa shape index (κ3) is 3.70. The molecule has 0 heterocycles. The molecule has 0 atom stereocenters. The van der Waals surface area contributed by atoms with Gasteiger partial charge in [-0.25, -0.2) is 0 Å². The maximum atomic E-state index is 12.0. The van der Waals surface area contributed by atoms with Crippen LogP contribution in [0.3, 0.4) is 0 Å². The lowest BCUT2D eigenvalue weighted by Gasteiger charge is -2.20. The smallest absolute Gasteiger partial charge is 0.137 e. The van der Waals surface area contributed by atoms with E-state index in [4.69, 9.17) is 5.26 Å². The van der Waals surface area contributed by atoms with E-state index in [-0.39, 0.29) is 0 Å². The minimum absolute atomic E-state index is 0.339. The van der Waals surface area contributed by atoms with Crippen molar-refractivity contribution >= 4 is 5.78 Å². The van der Waals surface area contributed by atoms with E-state index in [0.717, 1.165) is 12.0 Å². The molecule has 1 fully saturated rings. The molecule has 18 heavy (non-hydrogen) atoms. The van der Waals surface area contributed by atoms with Crippen molar-refractivity contribution in [3.05, 3.63) is 35.4 Å². The number of carbonyl (C=O) groups is 1. The second-order valence-electron chi connectivity index (χ2n) is 5.23. The number of Topliss-reactive ketones (excluding diaryl/α,β-unsaturated/α-hetero) is 1. The molecule has 94 valence electrons. The maximum Gasteiger partial charge on any atom is 0.137 e. The molecular weight excluding hydrogens is 222 g/mol. The number of carbonyl (C=O) groups excluding carboxylic acids is 1. The van der Waals surface area contributed by atoms with Crippen LogP contribution in [-0.2, 0) is 11.2 Å². The normalized spacial score (nSPS) is 16.2. The Hall–Kier alpha value is -1.62. The Labute approximate surface area is 109 Å². The molecule has 2 heteroatoms. The maximum absolute atomic E-state index is 12.0. The fraction of sp³-hybridized carbons (Fsp3) is 0.500. The van der Waals surface area contributed by atoms with Crippen LogP contribution < -0.4 is 0 Å². The highest BCUT2D eigenvalue weighted by molar-refractivity contribution is 5.81. The molecule has 0 aromatic heterocycles. The number of rotatable bonds is 4. The van der Waals surface area contributed by atoms with Crippen molar-refractivity contribution < 1.29 is 4.79 Å². The fourth-order valence-electron chi connectivity index (χ4n) is 2.71. The predicted octanol–water partition coefficient (Wildman–Crippen LogP) is 3.64. The van der Waals surface area contributed by atoms with Crippen molar-refractivity contribution in [1.82, 2.24) is 0 Å². The van der Waals surface area contributed by atoms with Crippen LogP contribution in [-0.4, -0.2) is 5.78 Å². The molecule has 1 aromatic carbocycles. The van der Waals surface area contributed by atoms with E-state index >= 15 is 0 Å². The van der Waals surface area contributed by atoms with Crippen molar-refractivity contribution in [2.24, 2.45) is 5.92 Å². The molecule has 0 radical (unpaired) electrons. The van der Waals surface area contributed by atoms with Gasteiger partial charge in [0.15, 0.2) is 0 Å². The highest BCUT2D eigenvalue weighted by Crippen LogP contribution is 2.26. The molecule has 2 nitrogen and oxygen atoms in total. The van der Waals surface area contributed by atoms with E-state index in [1.54, 1.807) is 12.1 Å². The van der Waals surface area contributed by atoms with Crippen LogP contribution in [0, 0.1) is 17.2 Å². The van der Waals surface area contributed by atoms with Crippen LogP contribution >= 0.6 is 0 Å². The van der Waals surface area contributed by atoms with Crippen molar-refractivity contribution in [3.63, 3.8) is 0 Å². The molecule has 1 aromatic rings. The topological polar surface area (TPSA) is 40.9 Å². The van der Waals surface area contributed by atoms with E-state index in [1.165, 1.54) is 32.1 Å².